The first-order valence-electron chi connectivity index (χ1n) is 4.76. The van der Waals surface area contributed by atoms with Gasteiger partial charge in [0.25, 0.3) is 0 Å². The summed E-state index contributed by atoms with van der Waals surface area (Å²) in [6.45, 7) is 5.98. The Balaban J connectivity index is 3.18. The first kappa shape index (κ1) is 10.3. The van der Waals surface area contributed by atoms with Gasteiger partial charge in [0.05, 0.1) is 11.9 Å². The third-order valence-electron chi connectivity index (χ3n) is 2.73. The fourth-order valence-corrected chi connectivity index (χ4v) is 1.80. The molecule has 0 aliphatic rings. The Hall–Kier alpha value is -0.830. The van der Waals surface area contributed by atoms with Crippen molar-refractivity contribution in [1.29, 1.82) is 0 Å². The summed E-state index contributed by atoms with van der Waals surface area (Å²) in [5.41, 5.74) is 1.29. The third-order valence-corrected chi connectivity index (χ3v) is 2.73. The second kappa shape index (κ2) is 3.50. The van der Waals surface area contributed by atoms with Gasteiger partial charge < -0.3 is 5.11 Å². The van der Waals surface area contributed by atoms with Crippen molar-refractivity contribution in [2.75, 3.05) is 0 Å². The van der Waals surface area contributed by atoms with E-state index in [-0.39, 0.29) is 0 Å². The maximum Gasteiger partial charge on any atom is 0.106 e. The van der Waals surface area contributed by atoms with Crippen LogP contribution in [0.4, 0.5) is 0 Å². The maximum atomic E-state index is 10.3. The molecule has 1 N–H and O–H groups in total. The fourth-order valence-electron chi connectivity index (χ4n) is 1.80. The van der Waals surface area contributed by atoms with Crippen LogP contribution in [0, 0.1) is 6.92 Å². The van der Waals surface area contributed by atoms with Crippen molar-refractivity contribution < 1.29 is 5.11 Å². The van der Waals surface area contributed by atoms with Crippen LogP contribution in [0.1, 0.15) is 37.9 Å². The molecule has 0 aliphatic heterocycles. The lowest BCUT2D eigenvalue weighted by Gasteiger charge is -2.26. The van der Waals surface area contributed by atoms with Crippen molar-refractivity contribution in [1.82, 2.24) is 9.78 Å². The SMILES string of the molecule is CCC(O)(CC)c1c(C)cnn1C. The predicted octanol–water partition coefficient (Wildman–Crippen LogP) is 1.74. The molecule has 0 radical (unpaired) electrons. The third kappa shape index (κ3) is 1.61. The molecular weight excluding hydrogens is 164 g/mol. The first-order valence-corrected chi connectivity index (χ1v) is 4.76. The Morgan fingerprint density at radius 2 is 2.00 bits per heavy atom. The van der Waals surface area contributed by atoms with Gasteiger partial charge in [-0.05, 0) is 25.3 Å². The quantitative estimate of drug-likeness (QED) is 0.773. The number of rotatable bonds is 3. The molecule has 1 heterocycles. The highest BCUT2D eigenvalue weighted by molar-refractivity contribution is 5.22. The minimum atomic E-state index is -0.713. The molecule has 1 aromatic rings. The highest BCUT2D eigenvalue weighted by Gasteiger charge is 2.29. The first-order chi connectivity index (χ1) is 6.05. The van der Waals surface area contributed by atoms with Crippen LogP contribution in [0.2, 0.25) is 0 Å². The van der Waals surface area contributed by atoms with Crippen LogP contribution in [-0.2, 0) is 12.6 Å². The van der Waals surface area contributed by atoms with Crippen LogP contribution in [-0.4, -0.2) is 14.9 Å². The summed E-state index contributed by atoms with van der Waals surface area (Å²) in [6.07, 6.45) is 3.25. The van der Waals surface area contributed by atoms with Crippen molar-refractivity contribution in [3.63, 3.8) is 0 Å². The fraction of sp³-hybridized carbons (Fsp3) is 0.700. The predicted molar refractivity (Wildman–Crippen MR) is 52.4 cm³/mol. The highest BCUT2D eigenvalue weighted by Crippen LogP contribution is 2.29. The van der Waals surface area contributed by atoms with E-state index in [1.165, 1.54) is 0 Å². The van der Waals surface area contributed by atoms with E-state index in [2.05, 4.69) is 5.10 Å². The lowest BCUT2D eigenvalue weighted by Crippen LogP contribution is -2.27. The Kier molecular flexibility index (Phi) is 2.76. The Morgan fingerprint density at radius 3 is 2.31 bits per heavy atom. The number of aromatic nitrogens is 2. The monoisotopic (exact) mass is 182 g/mol. The van der Waals surface area contributed by atoms with Crippen molar-refractivity contribution in [3.05, 3.63) is 17.5 Å². The van der Waals surface area contributed by atoms with E-state index in [9.17, 15) is 5.11 Å². The lowest BCUT2D eigenvalue weighted by atomic mass is 9.91. The summed E-state index contributed by atoms with van der Waals surface area (Å²) in [5.74, 6) is 0. The van der Waals surface area contributed by atoms with Crippen LogP contribution in [0.3, 0.4) is 0 Å². The van der Waals surface area contributed by atoms with Crippen LogP contribution in [0.15, 0.2) is 6.20 Å². The number of nitrogens with zero attached hydrogens (tertiary/aromatic N) is 2. The molecule has 13 heavy (non-hydrogen) atoms. The summed E-state index contributed by atoms with van der Waals surface area (Å²) < 4.78 is 1.77. The van der Waals surface area contributed by atoms with Crippen molar-refractivity contribution in [3.8, 4) is 0 Å². The molecule has 3 nitrogen and oxygen atoms in total. The molecular formula is C10H18N2O. The van der Waals surface area contributed by atoms with Crippen molar-refractivity contribution >= 4 is 0 Å². The lowest BCUT2D eigenvalue weighted by molar-refractivity contribution is 0.0197. The molecule has 1 aromatic heterocycles. The number of aliphatic hydroxyl groups is 1. The summed E-state index contributed by atoms with van der Waals surface area (Å²) in [4.78, 5) is 0. The van der Waals surface area contributed by atoms with Crippen LogP contribution < -0.4 is 0 Å². The van der Waals surface area contributed by atoms with Crippen molar-refractivity contribution in [2.45, 2.75) is 39.2 Å². The summed E-state index contributed by atoms with van der Waals surface area (Å²) in [7, 11) is 1.87. The molecule has 0 fully saturated rings. The molecule has 0 unspecified atom stereocenters. The van der Waals surface area contributed by atoms with E-state index in [0.717, 1.165) is 24.1 Å². The molecule has 0 atom stereocenters. The van der Waals surface area contributed by atoms with Gasteiger partial charge in [-0.2, -0.15) is 5.10 Å². The van der Waals surface area contributed by atoms with Gasteiger partial charge in [-0.15, -0.1) is 0 Å². The van der Waals surface area contributed by atoms with Gasteiger partial charge in [0.15, 0.2) is 0 Å². The van der Waals surface area contributed by atoms with Gasteiger partial charge in [0.2, 0.25) is 0 Å². The van der Waals surface area contributed by atoms with E-state index in [1.807, 2.05) is 27.8 Å². The molecule has 0 saturated carbocycles. The Morgan fingerprint density at radius 1 is 1.46 bits per heavy atom. The standard InChI is InChI=1S/C10H18N2O/c1-5-10(13,6-2)9-8(3)7-11-12(9)4/h7,13H,5-6H2,1-4H3. The Bertz CT molecular complexity index is 268. The van der Waals surface area contributed by atoms with E-state index < -0.39 is 5.60 Å². The number of hydrogen-bond donors (Lipinski definition) is 1. The smallest absolute Gasteiger partial charge is 0.106 e. The molecule has 0 spiro atoms. The number of aryl methyl sites for hydroxylation is 2. The highest BCUT2D eigenvalue weighted by atomic mass is 16.3. The van der Waals surface area contributed by atoms with Gasteiger partial charge >= 0.3 is 0 Å². The average Bonchev–Trinajstić information content (AvgIpc) is 2.46. The van der Waals surface area contributed by atoms with E-state index >= 15 is 0 Å². The average molecular weight is 182 g/mol. The second-order valence-corrected chi connectivity index (χ2v) is 3.54. The molecule has 0 aliphatic carbocycles. The molecule has 3 heteroatoms. The van der Waals surface area contributed by atoms with Gasteiger partial charge in [0, 0.05) is 7.05 Å². The molecule has 0 bridgehead atoms. The number of hydrogen-bond acceptors (Lipinski definition) is 2. The van der Waals surface area contributed by atoms with Crippen LogP contribution in [0.25, 0.3) is 0 Å². The van der Waals surface area contributed by atoms with E-state index in [0.29, 0.717) is 0 Å². The molecule has 1 rings (SSSR count). The topological polar surface area (TPSA) is 38.1 Å². The van der Waals surface area contributed by atoms with Crippen LogP contribution in [0.5, 0.6) is 0 Å². The van der Waals surface area contributed by atoms with Gasteiger partial charge in [-0.25, -0.2) is 0 Å². The largest absolute Gasteiger partial charge is 0.384 e. The molecule has 74 valence electrons. The summed E-state index contributed by atoms with van der Waals surface area (Å²) in [6, 6.07) is 0. The summed E-state index contributed by atoms with van der Waals surface area (Å²) >= 11 is 0. The van der Waals surface area contributed by atoms with Gasteiger partial charge in [-0.1, -0.05) is 13.8 Å². The normalized spacial score (nSPS) is 12.1. The van der Waals surface area contributed by atoms with Gasteiger partial charge in [-0.3, -0.25) is 4.68 Å². The minimum Gasteiger partial charge on any atom is -0.384 e. The zero-order valence-electron chi connectivity index (χ0n) is 8.83. The molecule has 0 amide bonds. The zero-order valence-corrected chi connectivity index (χ0v) is 8.83. The van der Waals surface area contributed by atoms with E-state index in [1.54, 1.807) is 10.9 Å². The maximum absolute atomic E-state index is 10.3. The van der Waals surface area contributed by atoms with E-state index in [4.69, 9.17) is 0 Å². The molecule has 0 aromatic carbocycles. The summed E-state index contributed by atoms with van der Waals surface area (Å²) in [5, 5.41) is 14.4. The minimum absolute atomic E-state index is 0.713. The van der Waals surface area contributed by atoms with Crippen LogP contribution >= 0.6 is 0 Å². The van der Waals surface area contributed by atoms with Gasteiger partial charge in [0.1, 0.15) is 5.60 Å². The molecule has 0 saturated heterocycles. The van der Waals surface area contributed by atoms with Crippen molar-refractivity contribution in [2.24, 2.45) is 7.05 Å². The second-order valence-electron chi connectivity index (χ2n) is 3.54. The Labute approximate surface area is 79.4 Å². The zero-order chi connectivity index (χ0) is 10.1.